The zero-order valence-electron chi connectivity index (χ0n) is 12.5. The summed E-state index contributed by atoms with van der Waals surface area (Å²) in [5.41, 5.74) is 0.837. The van der Waals surface area contributed by atoms with Crippen molar-refractivity contribution in [2.75, 3.05) is 31.7 Å². The van der Waals surface area contributed by atoms with Gasteiger partial charge in [-0.3, -0.25) is 4.90 Å². The van der Waals surface area contributed by atoms with Crippen LogP contribution in [0.15, 0.2) is 18.2 Å². The Labute approximate surface area is 119 Å². The van der Waals surface area contributed by atoms with Crippen LogP contribution in [0.1, 0.15) is 20.8 Å². The fraction of sp³-hybridized carbons (Fsp3) is 0.533. The first kappa shape index (κ1) is 14.5. The molecule has 0 atom stereocenters. The van der Waals surface area contributed by atoms with Gasteiger partial charge in [0.2, 0.25) is 0 Å². The van der Waals surface area contributed by atoms with Crippen molar-refractivity contribution in [1.29, 1.82) is 0 Å². The van der Waals surface area contributed by atoms with Crippen LogP contribution >= 0.6 is 0 Å². The van der Waals surface area contributed by atoms with Crippen molar-refractivity contribution in [2.45, 2.75) is 20.8 Å². The summed E-state index contributed by atoms with van der Waals surface area (Å²) >= 11 is 0. The van der Waals surface area contributed by atoms with Gasteiger partial charge in [-0.15, -0.1) is 0 Å². The third-order valence-corrected chi connectivity index (χ3v) is 2.99. The van der Waals surface area contributed by atoms with Crippen LogP contribution < -0.4 is 19.7 Å². The number of hydrogen-bond acceptors (Lipinski definition) is 3. The lowest BCUT2D eigenvalue weighted by molar-refractivity contribution is 0.171. The zero-order chi connectivity index (χ0) is 14.8. The fourth-order valence-corrected chi connectivity index (χ4v) is 1.82. The van der Waals surface area contributed by atoms with Gasteiger partial charge in [-0.1, -0.05) is 20.8 Å². The number of hydrogen-bond donors (Lipinski definition) is 1. The molecule has 0 bridgehead atoms. The van der Waals surface area contributed by atoms with Crippen molar-refractivity contribution in [2.24, 2.45) is 5.41 Å². The van der Waals surface area contributed by atoms with Crippen LogP contribution in [0.4, 0.5) is 10.5 Å². The third-order valence-electron chi connectivity index (χ3n) is 2.99. The number of ether oxygens (including phenoxy) is 2. The predicted octanol–water partition coefficient (Wildman–Crippen LogP) is 2.65. The Hall–Kier alpha value is -1.91. The molecule has 0 unspecified atom stereocenters. The molecule has 20 heavy (non-hydrogen) atoms. The van der Waals surface area contributed by atoms with Crippen molar-refractivity contribution in [3.63, 3.8) is 0 Å². The number of amides is 2. The Morgan fingerprint density at radius 1 is 1.25 bits per heavy atom. The van der Waals surface area contributed by atoms with Gasteiger partial charge < -0.3 is 14.8 Å². The highest BCUT2D eigenvalue weighted by molar-refractivity contribution is 5.91. The molecule has 5 heteroatoms. The second-order valence-electron chi connectivity index (χ2n) is 6.11. The van der Waals surface area contributed by atoms with Gasteiger partial charge in [-0.05, 0) is 17.5 Å². The first-order valence-corrected chi connectivity index (χ1v) is 6.78. The van der Waals surface area contributed by atoms with Crippen molar-refractivity contribution in [3.05, 3.63) is 18.2 Å². The summed E-state index contributed by atoms with van der Waals surface area (Å²) in [6.45, 7) is 7.97. The smallest absolute Gasteiger partial charge is 0.321 e. The van der Waals surface area contributed by atoms with E-state index in [1.54, 1.807) is 11.9 Å². The maximum atomic E-state index is 12.1. The number of rotatable bonds is 2. The van der Waals surface area contributed by atoms with E-state index in [0.29, 0.717) is 25.5 Å². The molecule has 0 saturated heterocycles. The Bertz CT molecular complexity index is 494. The summed E-state index contributed by atoms with van der Waals surface area (Å²) in [6.07, 6.45) is 0. The monoisotopic (exact) mass is 278 g/mol. The molecule has 1 heterocycles. The van der Waals surface area contributed by atoms with Crippen LogP contribution in [0, 0.1) is 5.41 Å². The van der Waals surface area contributed by atoms with E-state index in [2.05, 4.69) is 26.1 Å². The largest absolute Gasteiger partial charge is 0.486 e. The molecule has 1 N–H and O–H groups in total. The van der Waals surface area contributed by atoms with Crippen LogP contribution in [0.2, 0.25) is 0 Å². The van der Waals surface area contributed by atoms with Crippen molar-refractivity contribution in [3.8, 4) is 11.5 Å². The first-order chi connectivity index (χ1) is 9.37. The number of nitrogens with zero attached hydrogens (tertiary/aromatic N) is 1. The molecule has 0 saturated carbocycles. The Morgan fingerprint density at radius 2 is 1.90 bits per heavy atom. The molecule has 0 radical (unpaired) electrons. The van der Waals surface area contributed by atoms with Gasteiger partial charge in [0.1, 0.15) is 13.2 Å². The van der Waals surface area contributed by atoms with E-state index in [1.165, 1.54) is 0 Å². The molecular formula is C15H22N2O3. The lowest BCUT2D eigenvalue weighted by atomic mass is 9.97. The van der Waals surface area contributed by atoms with Gasteiger partial charge >= 0.3 is 6.03 Å². The van der Waals surface area contributed by atoms with Gasteiger partial charge in [0.15, 0.2) is 11.5 Å². The standard InChI is InChI=1S/C15H22N2O3/c1-15(2,3)10-16-14(18)17(4)11-5-6-12-13(9-11)20-8-7-19-12/h5-6,9H,7-8,10H2,1-4H3,(H,16,18). The summed E-state index contributed by atoms with van der Waals surface area (Å²) in [5.74, 6) is 1.41. The maximum Gasteiger partial charge on any atom is 0.321 e. The number of benzene rings is 1. The second kappa shape index (κ2) is 5.61. The molecule has 110 valence electrons. The van der Waals surface area contributed by atoms with Gasteiger partial charge in [0.25, 0.3) is 0 Å². The maximum absolute atomic E-state index is 12.1. The highest BCUT2D eigenvalue weighted by Crippen LogP contribution is 2.33. The number of anilines is 1. The van der Waals surface area contributed by atoms with Gasteiger partial charge in [0.05, 0.1) is 0 Å². The lowest BCUT2D eigenvalue weighted by Crippen LogP contribution is -2.41. The third kappa shape index (κ3) is 3.56. The predicted molar refractivity (Wildman–Crippen MR) is 78.7 cm³/mol. The summed E-state index contributed by atoms with van der Waals surface area (Å²) in [5, 5.41) is 2.92. The average molecular weight is 278 g/mol. The molecule has 0 aromatic heterocycles. The van der Waals surface area contributed by atoms with Crippen molar-refractivity contribution in [1.82, 2.24) is 5.32 Å². The van der Waals surface area contributed by atoms with Gasteiger partial charge in [-0.25, -0.2) is 4.79 Å². The first-order valence-electron chi connectivity index (χ1n) is 6.78. The molecule has 1 aliphatic heterocycles. The lowest BCUT2D eigenvalue weighted by Gasteiger charge is -2.24. The van der Waals surface area contributed by atoms with Crippen molar-refractivity contribution >= 4 is 11.7 Å². The fourth-order valence-electron chi connectivity index (χ4n) is 1.82. The minimum absolute atomic E-state index is 0.0588. The molecule has 0 fully saturated rings. The Morgan fingerprint density at radius 3 is 2.55 bits per heavy atom. The molecule has 2 amide bonds. The molecule has 1 aromatic rings. The minimum atomic E-state index is -0.128. The quantitative estimate of drug-likeness (QED) is 0.904. The van der Waals surface area contributed by atoms with Gasteiger partial charge in [-0.2, -0.15) is 0 Å². The summed E-state index contributed by atoms with van der Waals surface area (Å²) in [7, 11) is 1.74. The molecule has 0 aliphatic carbocycles. The molecule has 5 nitrogen and oxygen atoms in total. The normalized spacial score (nSPS) is 13.8. The van der Waals surface area contributed by atoms with E-state index >= 15 is 0 Å². The summed E-state index contributed by atoms with van der Waals surface area (Å²) in [4.78, 5) is 13.7. The number of urea groups is 1. The second-order valence-corrected chi connectivity index (χ2v) is 6.11. The Kier molecular flexibility index (Phi) is 4.06. The molecule has 0 spiro atoms. The molecule has 1 aliphatic rings. The van der Waals surface area contributed by atoms with E-state index < -0.39 is 0 Å². The number of carbonyl (C=O) groups is 1. The van der Waals surface area contributed by atoms with Crippen LogP contribution in [0.5, 0.6) is 11.5 Å². The number of nitrogens with one attached hydrogen (secondary N) is 1. The van der Waals surface area contributed by atoms with E-state index in [0.717, 1.165) is 11.4 Å². The Balaban J connectivity index is 2.05. The molecule has 2 rings (SSSR count). The zero-order valence-corrected chi connectivity index (χ0v) is 12.5. The minimum Gasteiger partial charge on any atom is -0.486 e. The summed E-state index contributed by atoms with van der Waals surface area (Å²) in [6, 6.07) is 5.38. The molecular weight excluding hydrogens is 256 g/mol. The summed E-state index contributed by atoms with van der Waals surface area (Å²) < 4.78 is 11.0. The van der Waals surface area contributed by atoms with Crippen LogP contribution in [0.25, 0.3) is 0 Å². The van der Waals surface area contributed by atoms with E-state index in [1.807, 2.05) is 18.2 Å². The number of fused-ring (bicyclic) bond motifs is 1. The highest BCUT2D eigenvalue weighted by atomic mass is 16.6. The SMILES string of the molecule is CN(C(=O)NCC(C)(C)C)c1ccc2c(c1)OCCO2. The van der Waals surface area contributed by atoms with E-state index in [-0.39, 0.29) is 11.4 Å². The van der Waals surface area contributed by atoms with Crippen LogP contribution in [-0.4, -0.2) is 32.8 Å². The number of carbonyl (C=O) groups excluding carboxylic acids is 1. The van der Waals surface area contributed by atoms with E-state index in [9.17, 15) is 4.79 Å². The van der Waals surface area contributed by atoms with Crippen LogP contribution in [-0.2, 0) is 0 Å². The van der Waals surface area contributed by atoms with E-state index in [4.69, 9.17) is 9.47 Å². The topological polar surface area (TPSA) is 50.8 Å². The van der Waals surface area contributed by atoms with Gasteiger partial charge in [0, 0.05) is 25.3 Å². The average Bonchev–Trinajstić information content (AvgIpc) is 2.42. The van der Waals surface area contributed by atoms with Crippen LogP contribution in [0.3, 0.4) is 0 Å². The highest BCUT2D eigenvalue weighted by Gasteiger charge is 2.18. The molecule has 1 aromatic carbocycles. The van der Waals surface area contributed by atoms with Crippen molar-refractivity contribution < 1.29 is 14.3 Å².